The molecule has 5 atom stereocenters. The van der Waals surface area contributed by atoms with E-state index in [4.69, 9.17) is 37.0 Å². The number of hydrogen-bond acceptors (Lipinski definition) is 15. The number of phosphoric ester groups is 2. The van der Waals surface area contributed by atoms with Crippen LogP contribution in [-0.2, 0) is 65.4 Å². The Labute approximate surface area is 629 Å². The zero-order valence-electron chi connectivity index (χ0n) is 64.4. The van der Waals surface area contributed by atoms with Crippen LogP contribution in [-0.4, -0.2) is 96.7 Å². The highest BCUT2D eigenvalue weighted by Gasteiger charge is 2.30. The highest BCUT2D eigenvalue weighted by atomic mass is 31.2. The lowest BCUT2D eigenvalue weighted by Gasteiger charge is -2.21. The number of rotatable bonds is 72. The van der Waals surface area contributed by atoms with E-state index >= 15 is 0 Å². The molecule has 0 aromatic rings. The van der Waals surface area contributed by atoms with E-state index in [0.717, 1.165) is 199 Å². The second-order valence-electron chi connectivity index (χ2n) is 25.5. The summed E-state index contributed by atoms with van der Waals surface area (Å²) >= 11 is 0. The SMILES string of the molecule is CC/C=C\C/C=C\C/C=C\C/C=C\CCCCCCC(=O)OCC(COP(=O)(O)OCC(O)COP(=O)(O)OCC(COC(=O)CCCCCCCCC/C=C\C/C=C\C/C=C\CC)OC(=O)CCCCCCC/C=C\C/C=C\C/C=C\CC)OC(=O)CCCC/C=C\C/C=C\C/C=C\C/C=C\CC. The van der Waals surface area contributed by atoms with E-state index in [0.29, 0.717) is 32.1 Å². The average molecular weight is 1490 g/mol. The molecule has 0 saturated heterocycles. The first-order chi connectivity index (χ1) is 50.7. The van der Waals surface area contributed by atoms with Crippen LogP contribution in [0.3, 0.4) is 0 Å². The predicted octanol–water partition coefficient (Wildman–Crippen LogP) is 23.0. The summed E-state index contributed by atoms with van der Waals surface area (Å²) in [6.45, 7) is 4.30. The summed E-state index contributed by atoms with van der Waals surface area (Å²) in [6, 6.07) is 0. The Kier molecular flexibility index (Phi) is 71.6. The van der Waals surface area contributed by atoms with E-state index in [1.54, 1.807) is 0 Å². The third kappa shape index (κ3) is 74.7. The van der Waals surface area contributed by atoms with E-state index in [1.165, 1.54) is 0 Å². The lowest BCUT2D eigenvalue weighted by Crippen LogP contribution is -2.30. The minimum atomic E-state index is -5.00. The molecule has 0 bridgehead atoms. The molecular formula is C85H138O17P2. The van der Waals surface area contributed by atoms with Crippen molar-refractivity contribution in [3.63, 3.8) is 0 Å². The van der Waals surface area contributed by atoms with Gasteiger partial charge in [0, 0.05) is 25.7 Å². The van der Waals surface area contributed by atoms with Crippen molar-refractivity contribution >= 4 is 39.5 Å². The molecule has 0 amide bonds. The Bertz CT molecular complexity index is 2640. The molecule has 590 valence electrons. The van der Waals surface area contributed by atoms with Crippen molar-refractivity contribution in [1.82, 2.24) is 0 Å². The summed E-state index contributed by atoms with van der Waals surface area (Å²) in [5.74, 6) is -2.29. The van der Waals surface area contributed by atoms with Crippen molar-refractivity contribution < 1.29 is 80.2 Å². The maximum Gasteiger partial charge on any atom is 0.472 e. The first-order valence-corrected chi connectivity index (χ1v) is 42.4. The molecule has 0 aromatic carbocycles. The largest absolute Gasteiger partial charge is 0.472 e. The summed E-state index contributed by atoms with van der Waals surface area (Å²) in [4.78, 5) is 73.0. The number of unbranched alkanes of at least 4 members (excludes halogenated alkanes) is 18. The third-order valence-corrected chi connectivity index (χ3v) is 17.6. The van der Waals surface area contributed by atoms with Gasteiger partial charge < -0.3 is 33.8 Å². The van der Waals surface area contributed by atoms with E-state index in [1.807, 2.05) is 0 Å². The minimum absolute atomic E-state index is 0.0306. The molecule has 0 rings (SSSR count). The Hall–Kier alpha value is -5.58. The number of aliphatic hydroxyl groups excluding tert-OH is 1. The number of ether oxygens (including phenoxy) is 4. The van der Waals surface area contributed by atoms with Crippen molar-refractivity contribution in [2.75, 3.05) is 39.6 Å². The average Bonchev–Trinajstić information content (AvgIpc) is 0.937. The molecule has 0 fully saturated rings. The smallest absolute Gasteiger partial charge is 0.462 e. The Balaban J connectivity index is 5.45. The van der Waals surface area contributed by atoms with E-state index < -0.39 is 97.5 Å². The van der Waals surface area contributed by atoms with Crippen molar-refractivity contribution in [2.24, 2.45) is 0 Å². The number of phosphoric acid groups is 2. The fourth-order valence-electron chi connectivity index (χ4n) is 9.82. The van der Waals surface area contributed by atoms with E-state index in [-0.39, 0.29) is 25.7 Å². The highest BCUT2D eigenvalue weighted by Crippen LogP contribution is 2.45. The molecule has 0 aliphatic carbocycles. The maximum absolute atomic E-state index is 13.1. The van der Waals surface area contributed by atoms with E-state index in [9.17, 15) is 43.2 Å². The fraction of sp³-hybridized carbons (Fsp3) is 0.624. The van der Waals surface area contributed by atoms with Crippen LogP contribution in [0.15, 0.2) is 170 Å². The molecular weight excluding hydrogens is 1350 g/mol. The Morgan fingerprint density at radius 2 is 0.471 bits per heavy atom. The van der Waals surface area contributed by atoms with Gasteiger partial charge in [-0.25, -0.2) is 9.13 Å². The van der Waals surface area contributed by atoms with Crippen molar-refractivity contribution in [2.45, 2.75) is 303 Å². The lowest BCUT2D eigenvalue weighted by atomic mass is 10.1. The Morgan fingerprint density at radius 3 is 0.740 bits per heavy atom. The van der Waals surface area contributed by atoms with Crippen LogP contribution in [0.4, 0.5) is 0 Å². The topological polar surface area (TPSA) is 237 Å². The van der Waals surface area contributed by atoms with Gasteiger partial charge in [0.05, 0.1) is 26.4 Å². The summed E-state index contributed by atoms with van der Waals surface area (Å²) < 4.78 is 68.5. The summed E-state index contributed by atoms with van der Waals surface area (Å²) in [5.41, 5.74) is 0. The molecule has 0 heterocycles. The molecule has 17 nitrogen and oxygen atoms in total. The van der Waals surface area contributed by atoms with Crippen LogP contribution >= 0.6 is 15.6 Å². The summed E-state index contributed by atoms with van der Waals surface area (Å²) in [6.07, 6.45) is 89.1. The first-order valence-electron chi connectivity index (χ1n) is 39.4. The van der Waals surface area contributed by atoms with Gasteiger partial charge in [-0.1, -0.05) is 262 Å². The van der Waals surface area contributed by atoms with Crippen LogP contribution in [0.2, 0.25) is 0 Å². The monoisotopic (exact) mass is 1490 g/mol. The molecule has 3 N–H and O–H groups in total. The van der Waals surface area contributed by atoms with Gasteiger partial charge in [-0.15, -0.1) is 0 Å². The zero-order valence-corrected chi connectivity index (χ0v) is 66.2. The zero-order chi connectivity index (χ0) is 76.0. The number of allylic oxidation sites excluding steroid dienone is 28. The molecule has 0 aliphatic rings. The highest BCUT2D eigenvalue weighted by molar-refractivity contribution is 7.47. The maximum atomic E-state index is 13.1. The van der Waals surface area contributed by atoms with Gasteiger partial charge in [0.25, 0.3) is 0 Å². The van der Waals surface area contributed by atoms with Crippen LogP contribution in [0.25, 0.3) is 0 Å². The van der Waals surface area contributed by atoms with Gasteiger partial charge in [0.1, 0.15) is 19.3 Å². The standard InChI is InChI=1S/C85H138O17P2/c1-5-9-13-17-21-25-29-33-37-39-43-45-49-53-57-61-65-69-82(87)95-75-80(101-84(89)71-67-63-59-55-51-47-41-35-31-27-23-19-15-11-7-3)77-99-103(91,92)97-73-79(86)74-98-104(93,94)100-78-81(102-85(90)72-68-64-60-56-52-48-42-36-32-28-24-20-16-12-8-4)76-96-83(88)70-66-62-58-54-50-46-44-40-38-34-30-26-22-18-14-10-6-2/h9-16,21-28,33-38,41-43,45,51,55,79-81,86H,5-8,17-20,29-32,39-40,44,46-50,52-54,56-78H2,1-4H3,(H,91,92)(H,93,94)/b13-9-,14-10-,15-11-,16-12-,25-21-,26-22-,27-23-,28-24-,37-33-,38-34-,41-35-,42-36-,45-43-,55-51-. The number of carbonyl (C=O) groups excluding carboxylic acids is 4. The van der Waals surface area contributed by atoms with E-state index in [2.05, 4.69) is 198 Å². The number of carbonyl (C=O) groups is 4. The molecule has 104 heavy (non-hydrogen) atoms. The molecule has 19 heteroatoms. The van der Waals surface area contributed by atoms with Crippen LogP contribution < -0.4 is 0 Å². The second kappa shape index (κ2) is 75.6. The van der Waals surface area contributed by atoms with Crippen molar-refractivity contribution in [3.8, 4) is 0 Å². The van der Waals surface area contributed by atoms with Gasteiger partial charge in [0.15, 0.2) is 12.2 Å². The van der Waals surface area contributed by atoms with Crippen LogP contribution in [0.5, 0.6) is 0 Å². The summed E-state index contributed by atoms with van der Waals surface area (Å²) in [5, 5.41) is 10.6. The van der Waals surface area contributed by atoms with Gasteiger partial charge in [0.2, 0.25) is 0 Å². The van der Waals surface area contributed by atoms with Gasteiger partial charge >= 0.3 is 39.5 Å². The van der Waals surface area contributed by atoms with Crippen molar-refractivity contribution in [1.29, 1.82) is 0 Å². The minimum Gasteiger partial charge on any atom is -0.462 e. The number of hydrogen-bond donors (Lipinski definition) is 3. The van der Waals surface area contributed by atoms with Gasteiger partial charge in [-0.05, 0) is 167 Å². The normalized spacial score (nSPS) is 14.8. The molecule has 0 saturated carbocycles. The number of esters is 4. The predicted molar refractivity (Wildman–Crippen MR) is 426 cm³/mol. The quantitative estimate of drug-likeness (QED) is 0.0169. The van der Waals surface area contributed by atoms with Gasteiger partial charge in [-0.3, -0.25) is 37.3 Å². The van der Waals surface area contributed by atoms with Gasteiger partial charge in [-0.2, -0.15) is 0 Å². The molecule has 0 aromatic heterocycles. The molecule has 5 unspecified atom stereocenters. The molecule has 0 aliphatic heterocycles. The fourth-order valence-corrected chi connectivity index (χ4v) is 11.4. The molecule has 0 radical (unpaired) electrons. The van der Waals surface area contributed by atoms with Crippen LogP contribution in [0, 0.1) is 0 Å². The third-order valence-electron chi connectivity index (χ3n) is 15.7. The Morgan fingerprint density at radius 1 is 0.269 bits per heavy atom. The second-order valence-corrected chi connectivity index (χ2v) is 28.4. The lowest BCUT2D eigenvalue weighted by molar-refractivity contribution is -0.161. The summed E-state index contributed by atoms with van der Waals surface area (Å²) in [7, 11) is -10.00. The molecule has 0 spiro atoms. The first kappa shape index (κ1) is 98.4. The van der Waals surface area contributed by atoms with Crippen molar-refractivity contribution in [3.05, 3.63) is 170 Å². The van der Waals surface area contributed by atoms with Crippen LogP contribution in [0.1, 0.15) is 285 Å². The number of aliphatic hydroxyl groups is 1.